The van der Waals surface area contributed by atoms with Crippen LogP contribution in [-0.2, 0) is 0 Å². The molecule has 0 aromatic carbocycles. The normalized spacial score (nSPS) is 20.6. The van der Waals surface area contributed by atoms with Crippen molar-refractivity contribution in [3.63, 3.8) is 0 Å². The van der Waals surface area contributed by atoms with Crippen molar-refractivity contribution >= 4 is 0 Å². The molecule has 0 unspecified atom stereocenters. The second kappa shape index (κ2) is 6.36. The van der Waals surface area contributed by atoms with Crippen LogP contribution in [0.3, 0.4) is 0 Å². The summed E-state index contributed by atoms with van der Waals surface area (Å²) in [5.41, 5.74) is -0.854. The molecule has 8 heteroatoms. The van der Waals surface area contributed by atoms with Gasteiger partial charge in [0.25, 0.3) is 0 Å². The lowest BCUT2D eigenvalue weighted by Crippen LogP contribution is -2.20. The first kappa shape index (κ1) is 14.3. The Morgan fingerprint density at radius 1 is 0.750 bits per heavy atom. The van der Waals surface area contributed by atoms with Gasteiger partial charge in [0, 0.05) is 26.2 Å². The molecular weight excluding hydrogens is 264 g/mol. The number of nitro groups is 2. The van der Waals surface area contributed by atoms with Gasteiger partial charge in [-0.05, 0) is 25.7 Å². The minimum atomic E-state index is -0.664. The number of likely N-dealkylation sites (tertiary alicyclic amines) is 2. The van der Waals surface area contributed by atoms with Gasteiger partial charge in [0.05, 0.1) is 22.2 Å². The Balaban J connectivity index is 2.27. The van der Waals surface area contributed by atoms with Crippen LogP contribution in [0.15, 0.2) is 23.8 Å². The number of hydrogen-bond donors (Lipinski definition) is 0. The number of nitrogens with zero attached hydrogens (tertiary/aromatic N) is 4. The highest BCUT2D eigenvalue weighted by Gasteiger charge is 2.31. The fourth-order valence-electron chi connectivity index (χ4n) is 2.50. The SMILES string of the molecule is O=[N+]([O-])C(=C/N1CCCC1)/C(=C\N1CCCC1)[N+](=O)[O-]. The van der Waals surface area contributed by atoms with E-state index in [-0.39, 0.29) is 0 Å². The number of rotatable bonds is 5. The summed E-state index contributed by atoms with van der Waals surface area (Å²) < 4.78 is 0. The molecule has 0 spiro atoms. The molecule has 8 nitrogen and oxygen atoms in total. The molecule has 110 valence electrons. The van der Waals surface area contributed by atoms with Gasteiger partial charge in [0.2, 0.25) is 0 Å². The summed E-state index contributed by atoms with van der Waals surface area (Å²) in [6.07, 6.45) is 6.49. The van der Waals surface area contributed by atoms with E-state index < -0.39 is 21.2 Å². The second-order valence-electron chi connectivity index (χ2n) is 5.03. The van der Waals surface area contributed by atoms with E-state index in [4.69, 9.17) is 0 Å². The smallest absolute Gasteiger partial charge is 0.363 e. The second-order valence-corrected chi connectivity index (χ2v) is 5.03. The van der Waals surface area contributed by atoms with Crippen LogP contribution in [0.1, 0.15) is 25.7 Å². The summed E-state index contributed by atoms with van der Waals surface area (Å²) in [5.74, 6) is 0. The fraction of sp³-hybridized carbons (Fsp3) is 0.667. The van der Waals surface area contributed by atoms with Gasteiger partial charge in [-0.15, -0.1) is 0 Å². The predicted molar refractivity (Wildman–Crippen MR) is 71.8 cm³/mol. The average Bonchev–Trinajstić information content (AvgIpc) is 3.06. The Morgan fingerprint density at radius 2 is 1.05 bits per heavy atom. The van der Waals surface area contributed by atoms with E-state index in [0.717, 1.165) is 25.7 Å². The maximum absolute atomic E-state index is 11.2. The van der Waals surface area contributed by atoms with E-state index in [2.05, 4.69) is 0 Å². The molecule has 0 aromatic heterocycles. The van der Waals surface area contributed by atoms with E-state index >= 15 is 0 Å². The molecule has 0 aromatic rings. The maximum atomic E-state index is 11.2. The van der Waals surface area contributed by atoms with E-state index in [1.165, 1.54) is 12.4 Å². The lowest BCUT2D eigenvalue weighted by Gasteiger charge is -2.12. The van der Waals surface area contributed by atoms with E-state index in [1.54, 1.807) is 9.80 Å². The lowest BCUT2D eigenvalue weighted by molar-refractivity contribution is -0.480. The first-order chi connectivity index (χ1) is 9.58. The van der Waals surface area contributed by atoms with Crippen molar-refractivity contribution in [1.82, 2.24) is 9.80 Å². The Hall–Kier alpha value is -2.12. The van der Waals surface area contributed by atoms with Crippen molar-refractivity contribution in [3.05, 3.63) is 44.0 Å². The summed E-state index contributed by atoms with van der Waals surface area (Å²) in [5, 5.41) is 22.3. The third-order valence-electron chi connectivity index (χ3n) is 3.55. The fourth-order valence-corrected chi connectivity index (χ4v) is 2.50. The Labute approximate surface area is 116 Å². The summed E-state index contributed by atoms with van der Waals surface area (Å²) in [7, 11) is 0. The molecule has 2 heterocycles. The Bertz CT molecular complexity index is 406. The van der Waals surface area contributed by atoms with Gasteiger partial charge in [0.15, 0.2) is 0 Å². The average molecular weight is 282 g/mol. The van der Waals surface area contributed by atoms with Crippen LogP contribution in [0.5, 0.6) is 0 Å². The molecule has 2 aliphatic heterocycles. The van der Waals surface area contributed by atoms with Gasteiger partial charge < -0.3 is 9.80 Å². The van der Waals surface area contributed by atoms with Crippen molar-refractivity contribution in [2.24, 2.45) is 0 Å². The van der Waals surface area contributed by atoms with Crippen LogP contribution in [0.4, 0.5) is 0 Å². The predicted octanol–water partition coefficient (Wildman–Crippen LogP) is 1.41. The molecule has 2 aliphatic rings. The van der Waals surface area contributed by atoms with Crippen LogP contribution >= 0.6 is 0 Å². The van der Waals surface area contributed by atoms with Crippen molar-refractivity contribution in [2.75, 3.05) is 26.2 Å². The van der Waals surface area contributed by atoms with Crippen molar-refractivity contribution in [2.45, 2.75) is 25.7 Å². The van der Waals surface area contributed by atoms with Gasteiger partial charge >= 0.3 is 11.4 Å². The molecule has 0 bridgehead atoms. The lowest BCUT2D eigenvalue weighted by atomic mass is 10.3. The zero-order valence-electron chi connectivity index (χ0n) is 11.2. The molecule has 0 atom stereocenters. The van der Waals surface area contributed by atoms with Gasteiger partial charge in [-0.2, -0.15) is 0 Å². The van der Waals surface area contributed by atoms with Gasteiger partial charge in [0.1, 0.15) is 0 Å². The van der Waals surface area contributed by atoms with Crippen molar-refractivity contribution < 1.29 is 9.85 Å². The summed E-state index contributed by atoms with van der Waals surface area (Å²) in [6.45, 7) is 2.86. The molecule has 0 radical (unpaired) electrons. The third kappa shape index (κ3) is 3.46. The zero-order valence-corrected chi connectivity index (χ0v) is 11.2. The summed E-state index contributed by atoms with van der Waals surface area (Å²) in [6, 6.07) is 0. The highest BCUT2D eigenvalue weighted by molar-refractivity contribution is 5.18. The molecule has 0 aliphatic carbocycles. The maximum Gasteiger partial charge on any atom is 0.363 e. The van der Waals surface area contributed by atoms with Gasteiger partial charge in [-0.1, -0.05) is 0 Å². The van der Waals surface area contributed by atoms with Crippen molar-refractivity contribution in [1.29, 1.82) is 0 Å². The van der Waals surface area contributed by atoms with Crippen molar-refractivity contribution in [3.8, 4) is 0 Å². The molecule has 0 saturated carbocycles. The van der Waals surface area contributed by atoms with E-state index in [9.17, 15) is 20.2 Å². The summed E-state index contributed by atoms with van der Waals surface area (Å²) in [4.78, 5) is 24.5. The Kier molecular flexibility index (Phi) is 4.54. The van der Waals surface area contributed by atoms with E-state index in [0.29, 0.717) is 26.2 Å². The molecule has 2 rings (SSSR count). The molecule has 0 amide bonds. The Morgan fingerprint density at radius 3 is 1.30 bits per heavy atom. The molecule has 0 N–H and O–H groups in total. The van der Waals surface area contributed by atoms with Crippen LogP contribution in [-0.4, -0.2) is 45.8 Å². The quantitative estimate of drug-likeness (QED) is 0.430. The standard InChI is InChI=1S/C12H18N4O4/c17-15(18)11(9-13-5-1-2-6-13)12(16(19)20)10-14-7-3-4-8-14/h9-10H,1-8H2/b11-9+,12-10+. The topological polar surface area (TPSA) is 92.8 Å². The van der Waals surface area contributed by atoms with Crippen LogP contribution in [0, 0.1) is 20.2 Å². The highest BCUT2D eigenvalue weighted by Crippen LogP contribution is 2.19. The van der Waals surface area contributed by atoms with E-state index in [1.807, 2.05) is 0 Å². The monoisotopic (exact) mass is 282 g/mol. The minimum Gasteiger partial charge on any atom is -0.372 e. The molecular formula is C12H18N4O4. The molecule has 2 saturated heterocycles. The van der Waals surface area contributed by atoms with Crippen LogP contribution in [0.25, 0.3) is 0 Å². The molecule has 20 heavy (non-hydrogen) atoms. The zero-order chi connectivity index (χ0) is 14.5. The first-order valence-corrected chi connectivity index (χ1v) is 6.79. The minimum absolute atomic E-state index is 0.427. The largest absolute Gasteiger partial charge is 0.372 e. The van der Waals surface area contributed by atoms with Gasteiger partial charge in [-0.3, -0.25) is 20.2 Å². The third-order valence-corrected chi connectivity index (χ3v) is 3.55. The van der Waals surface area contributed by atoms with Gasteiger partial charge in [-0.25, -0.2) is 0 Å². The summed E-state index contributed by atoms with van der Waals surface area (Å²) >= 11 is 0. The highest BCUT2D eigenvalue weighted by atomic mass is 16.6. The first-order valence-electron chi connectivity index (χ1n) is 6.79. The van der Waals surface area contributed by atoms with Crippen LogP contribution < -0.4 is 0 Å². The molecule has 2 fully saturated rings. The van der Waals surface area contributed by atoms with Crippen LogP contribution in [0.2, 0.25) is 0 Å². The number of hydrogen-bond acceptors (Lipinski definition) is 6.